The van der Waals surface area contributed by atoms with Crippen LogP contribution in [0.5, 0.6) is 0 Å². The molecule has 0 aromatic carbocycles. The van der Waals surface area contributed by atoms with E-state index in [9.17, 15) is 8.42 Å². The quantitative estimate of drug-likeness (QED) is 0.675. The Hall–Kier alpha value is -0.590. The summed E-state index contributed by atoms with van der Waals surface area (Å²) in [4.78, 5) is 0.0473. The lowest BCUT2D eigenvalue weighted by Gasteiger charge is -2.21. The average molecular weight is 237 g/mol. The third-order valence-electron chi connectivity index (χ3n) is 2.11. The van der Waals surface area contributed by atoms with E-state index in [0.717, 1.165) is 0 Å². The van der Waals surface area contributed by atoms with E-state index in [4.69, 9.17) is 15.4 Å². The molecule has 0 saturated carbocycles. The van der Waals surface area contributed by atoms with Crippen LogP contribution in [0.3, 0.4) is 0 Å². The van der Waals surface area contributed by atoms with Crippen molar-refractivity contribution in [3.05, 3.63) is 11.9 Å². The van der Waals surface area contributed by atoms with Crippen molar-refractivity contribution < 1.29 is 13.2 Å². The van der Waals surface area contributed by atoms with E-state index in [0.29, 0.717) is 12.2 Å². The lowest BCUT2D eigenvalue weighted by molar-refractivity contribution is 0.0108. The van der Waals surface area contributed by atoms with Crippen LogP contribution >= 0.6 is 10.7 Å². The van der Waals surface area contributed by atoms with Gasteiger partial charge in [0.05, 0.1) is 31.1 Å². The van der Waals surface area contributed by atoms with Crippen LogP contribution in [0.25, 0.3) is 0 Å². The molecule has 78 valence electrons. The minimum absolute atomic E-state index is 0.0473. The summed E-state index contributed by atoms with van der Waals surface area (Å²) in [6, 6.07) is 0. The fourth-order valence-corrected chi connectivity index (χ4v) is 2.42. The zero-order valence-corrected chi connectivity index (χ0v) is 9.05. The van der Waals surface area contributed by atoms with Crippen molar-refractivity contribution in [2.75, 3.05) is 0 Å². The molecule has 1 aromatic heterocycles. The van der Waals surface area contributed by atoms with E-state index < -0.39 is 9.05 Å². The van der Waals surface area contributed by atoms with Crippen LogP contribution in [-0.2, 0) is 26.9 Å². The Morgan fingerprint density at radius 3 is 3.07 bits per heavy atom. The van der Waals surface area contributed by atoms with Crippen molar-refractivity contribution in [1.29, 1.82) is 0 Å². The summed E-state index contributed by atoms with van der Waals surface area (Å²) < 4.78 is 29.1. The van der Waals surface area contributed by atoms with E-state index in [1.165, 1.54) is 6.20 Å². The molecule has 0 aliphatic carbocycles. The van der Waals surface area contributed by atoms with E-state index in [-0.39, 0.29) is 17.6 Å². The van der Waals surface area contributed by atoms with Crippen molar-refractivity contribution in [2.24, 2.45) is 0 Å². The average Bonchev–Trinajstić information content (AvgIpc) is 2.45. The Kier molecular flexibility index (Phi) is 2.29. The lowest BCUT2D eigenvalue weighted by atomic mass is 10.3. The molecule has 1 atom stereocenters. The lowest BCUT2D eigenvalue weighted by Crippen LogP contribution is -2.25. The number of fused-ring (bicyclic) bond motifs is 1. The van der Waals surface area contributed by atoms with Crippen LogP contribution < -0.4 is 0 Å². The first-order chi connectivity index (χ1) is 6.48. The summed E-state index contributed by atoms with van der Waals surface area (Å²) in [5.74, 6) is 0. The Labute approximate surface area is 86.0 Å². The van der Waals surface area contributed by atoms with E-state index in [1.54, 1.807) is 4.68 Å². The van der Waals surface area contributed by atoms with Crippen LogP contribution in [0, 0.1) is 0 Å². The summed E-state index contributed by atoms with van der Waals surface area (Å²) in [5, 5.41) is 3.95. The fourth-order valence-electron chi connectivity index (χ4n) is 1.42. The highest BCUT2D eigenvalue weighted by molar-refractivity contribution is 8.13. The molecule has 0 saturated heterocycles. The SMILES string of the molecule is CC1Cn2ncc(S(=O)(=O)Cl)c2CO1. The number of halogens is 1. The van der Waals surface area contributed by atoms with Gasteiger partial charge in [0.1, 0.15) is 4.90 Å². The molecule has 0 radical (unpaired) electrons. The van der Waals surface area contributed by atoms with Gasteiger partial charge in [0.15, 0.2) is 0 Å². The molecular weight excluding hydrogens is 228 g/mol. The van der Waals surface area contributed by atoms with E-state index in [1.807, 2.05) is 6.92 Å². The van der Waals surface area contributed by atoms with Crippen molar-refractivity contribution in [3.8, 4) is 0 Å². The highest BCUT2D eigenvalue weighted by Gasteiger charge is 2.25. The molecule has 0 amide bonds. The molecule has 1 unspecified atom stereocenters. The molecule has 0 bridgehead atoms. The molecule has 14 heavy (non-hydrogen) atoms. The zero-order chi connectivity index (χ0) is 10.3. The number of hydrogen-bond acceptors (Lipinski definition) is 4. The maximum atomic E-state index is 11.1. The van der Waals surface area contributed by atoms with Crippen LogP contribution in [0.1, 0.15) is 12.6 Å². The third-order valence-corrected chi connectivity index (χ3v) is 3.47. The molecular formula is C7H9ClN2O3S. The summed E-state index contributed by atoms with van der Waals surface area (Å²) in [6.45, 7) is 2.70. The van der Waals surface area contributed by atoms with Gasteiger partial charge in [-0.2, -0.15) is 5.10 Å². The second kappa shape index (κ2) is 3.22. The van der Waals surface area contributed by atoms with E-state index >= 15 is 0 Å². The standard InChI is InChI=1S/C7H9ClN2O3S/c1-5-3-10-6(4-13-5)7(2-9-10)14(8,11)12/h2,5H,3-4H2,1H3. The Morgan fingerprint density at radius 2 is 2.43 bits per heavy atom. The molecule has 1 aromatic rings. The molecule has 2 rings (SSSR count). The maximum Gasteiger partial charge on any atom is 0.264 e. The van der Waals surface area contributed by atoms with Crippen LogP contribution in [0.4, 0.5) is 0 Å². The van der Waals surface area contributed by atoms with Crippen molar-refractivity contribution >= 4 is 19.7 Å². The number of hydrogen-bond donors (Lipinski definition) is 0. The highest BCUT2D eigenvalue weighted by Crippen LogP contribution is 2.23. The summed E-state index contributed by atoms with van der Waals surface area (Å²) in [5.41, 5.74) is 0.526. The van der Waals surface area contributed by atoms with Gasteiger partial charge in [0.25, 0.3) is 9.05 Å². The third kappa shape index (κ3) is 1.65. The molecule has 0 spiro atoms. The summed E-state index contributed by atoms with van der Waals surface area (Å²) in [7, 11) is 1.53. The van der Waals surface area contributed by atoms with Crippen molar-refractivity contribution in [1.82, 2.24) is 9.78 Å². The van der Waals surface area contributed by atoms with Crippen LogP contribution in [0.2, 0.25) is 0 Å². The van der Waals surface area contributed by atoms with Gasteiger partial charge < -0.3 is 4.74 Å². The zero-order valence-electron chi connectivity index (χ0n) is 7.47. The van der Waals surface area contributed by atoms with Crippen LogP contribution in [-0.4, -0.2) is 24.3 Å². The second-order valence-corrected chi connectivity index (χ2v) is 5.73. The minimum Gasteiger partial charge on any atom is -0.370 e. The summed E-state index contributed by atoms with van der Waals surface area (Å²) >= 11 is 0. The largest absolute Gasteiger partial charge is 0.370 e. The smallest absolute Gasteiger partial charge is 0.264 e. The predicted octanol–water partition coefficient (Wildman–Crippen LogP) is 0.729. The molecule has 5 nitrogen and oxygen atoms in total. The normalized spacial score (nSPS) is 22.0. The molecule has 0 fully saturated rings. The Morgan fingerprint density at radius 1 is 1.71 bits per heavy atom. The molecule has 1 aliphatic rings. The van der Waals surface area contributed by atoms with Gasteiger partial charge in [-0.05, 0) is 6.92 Å². The maximum absolute atomic E-state index is 11.1. The summed E-state index contributed by atoms with van der Waals surface area (Å²) in [6.07, 6.45) is 1.31. The van der Waals surface area contributed by atoms with Gasteiger partial charge in [-0.1, -0.05) is 0 Å². The first kappa shape index (κ1) is 9.95. The molecule has 0 N–H and O–H groups in total. The number of ether oxygens (including phenoxy) is 1. The number of rotatable bonds is 1. The van der Waals surface area contributed by atoms with Gasteiger partial charge in [-0.15, -0.1) is 0 Å². The Balaban J connectivity index is 2.49. The Bertz CT molecular complexity index is 454. The van der Waals surface area contributed by atoms with Gasteiger partial charge in [0, 0.05) is 10.7 Å². The second-order valence-electron chi connectivity index (χ2n) is 3.20. The minimum atomic E-state index is -3.71. The van der Waals surface area contributed by atoms with Gasteiger partial charge in [-0.3, -0.25) is 4.68 Å². The first-order valence-corrected chi connectivity index (χ1v) is 6.40. The van der Waals surface area contributed by atoms with Crippen molar-refractivity contribution in [3.63, 3.8) is 0 Å². The van der Waals surface area contributed by atoms with Gasteiger partial charge >= 0.3 is 0 Å². The predicted molar refractivity (Wildman–Crippen MR) is 49.5 cm³/mol. The van der Waals surface area contributed by atoms with Gasteiger partial charge in [-0.25, -0.2) is 8.42 Å². The number of aromatic nitrogens is 2. The van der Waals surface area contributed by atoms with Gasteiger partial charge in [0.2, 0.25) is 0 Å². The van der Waals surface area contributed by atoms with Crippen LogP contribution in [0.15, 0.2) is 11.1 Å². The molecule has 7 heteroatoms. The monoisotopic (exact) mass is 236 g/mol. The first-order valence-electron chi connectivity index (χ1n) is 4.09. The highest BCUT2D eigenvalue weighted by atomic mass is 35.7. The molecule has 2 heterocycles. The topological polar surface area (TPSA) is 61.2 Å². The fraction of sp³-hybridized carbons (Fsp3) is 0.571. The molecule has 1 aliphatic heterocycles. The van der Waals surface area contributed by atoms with Crippen molar-refractivity contribution in [2.45, 2.75) is 31.1 Å². The van der Waals surface area contributed by atoms with E-state index in [2.05, 4.69) is 5.10 Å². The number of nitrogens with zero attached hydrogens (tertiary/aromatic N) is 2.